The summed E-state index contributed by atoms with van der Waals surface area (Å²) in [7, 11) is 0. The van der Waals surface area contributed by atoms with E-state index in [9.17, 15) is 0 Å². The van der Waals surface area contributed by atoms with Crippen LogP contribution in [0.4, 0.5) is 5.69 Å². The van der Waals surface area contributed by atoms with Gasteiger partial charge in [-0.2, -0.15) is 0 Å². The van der Waals surface area contributed by atoms with Gasteiger partial charge in [-0.1, -0.05) is 19.4 Å². The monoisotopic (exact) mass is 385 g/mol. The molecule has 0 unspecified atom stereocenters. The Morgan fingerprint density at radius 1 is 1.07 bits per heavy atom. The second-order valence-electron chi connectivity index (χ2n) is 8.60. The highest BCUT2D eigenvalue weighted by Crippen LogP contribution is 2.34. The number of fused-ring (bicyclic) bond motifs is 1. The van der Waals surface area contributed by atoms with Crippen LogP contribution in [0, 0.1) is 5.92 Å². The van der Waals surface area contributed by atoms with E-state index in [1.54, 1.807) is 0 Å². The zero-order chi connectivity index (χ0) is 18.6. The summed E-state index contributed by atoms with van der Waals surface area (Å²) in [5.41, 5.74) is 9.03. The zero-order valence-corrected chi connectivity index (χ0v) is 17.6. The second kappa shape index (κ2) is 8.93. The van der Waals surface area contributed by atoms with E-state index in [1.807, 2.05) is 11.3 Å². The van der Waals surface area contributed by atoms with Gasteiger partial charge in [0.25, 0.3) is 0 Å². The molecule has 3 nitrogen and oxygen atoms in total. The van der Waals surface area contributed by atoms with Crippen molar-refractivity contribution in [1.29, 1.82) is 0 Å². The normalized spacial score (nSPS) is 24.6. The van der Waals surface area contributed by atoms with Gasteiger partial charge in [0.05, 0.1) is 10.4 Å². The first-order valence-corrected chi connectivity index (χ1v) is 11.8. The molecule has 148 valence electrons. The van der Waals surface area contributed by atoms with Crippen molar-refractivity contribution in [3.05, 3.63) is 29.1 Å². The van der Waals surface area contributed by atoms with Crippen LogP contribution in [0.15, 0.2) is 23.6 Å². The summed E-state index contributed by atoms with van der Waals surface area (Å²) < 4.78 is 1.47. The molecule has 1 aromatic carbocycles. The van der Waals surface area contributed by atoms with Crippen molar-refractivity contribution in [1.82, 2.24) is 4.90 Å². The number of nitrogens with zero attached hydrogens (tertiary/aromatic N) is 2. The number of anilines is 1. The molecule has 27 heavy (non-hydrogen) atoms. The van der Waals surface area contributed by atoms with Gasteiger partial charge in [0, 0.05) is 32.2 Å². The van der Waals surface area contributed by atoms with Crippen molar-refractivity contribution in [3.63, 3.8) is 0 Å². The average molecular weight is 386 g/mol. The Hall–Kier alpha value is -1.10. The minimum absolute atomic E-state index is 0.474. The van der Waals surface area contributed by atoms with Crippen molar-refractivity contribution in [3.8, 4) is 0 Å². The van der Waals surface area contributed by atoms with Crippen LogP contribution < -0.4 is 10.6 Å². The van der Waals surface area contributed by atoms with Gasteiger partial charge in [-0.15, -0.1) is 11.3 Å². The molecule has 1 saturated heterocycles. The molecule has 1 aliphatic carbocycles. The molecule has 0 spiro atoms. The first-order chi connectivity index (χ1) is 13.2. The van der Waals surface area contributed by atoms with E-state index in [0.29, 0.717) is 6.04 Å². The van der Waals surface area contributed by atoms with Crippen molar-refractivity contribution >= 4 is 27.1 Å². The predicted molar refractivity (Wildman–Crippen MR) is 119 cm³/mol. The van der Waals surface area contributed by atoms with Crippen molar-refractivity contribution in [2.24, 2.45) is 11.7 Å². The van der Waals surface area contributed by atoms with Gasteiger partial charge in [-0.3, -0.25) is 4.90 Å². The number of hydrogen-bond acceptors (Lipinski definition) is 4. The average Bonchev–Trinajstić information content (AvgIpc) is 3.16. The maximum atomic E-state index is 6.05. The summed E-state index contributed by atoms with van der Waals surface area (Å²) in [6, 6.07) is 7.62. The van der Waals surface area contributed by atoms with Gasteiger partial charge < -0.3 is 10.6 Å². The quantitative estimate of drug-likeness (QED) is 0.769. The van der Waals surface area contributed by atoms with Gasteiger partial charge in [0.2, 0.25) is 0 Å². The number of piperazine rings is 1. The van der Waals surface area contributed by atoms with Gasteiger partial charge in [0.15, 0.2) is 0 Å². The lowest BCUT2D eigenvalue weighted by Gasteiger charge is -2.37. The Morgan fingerprint density at radius 2 is 1.85 bits per heavy atom. The number of aryl methyl sites for hydroxylation is 1. The summed E-state index contributed by atoms with van der Waals surface area (Å²) in [4.78, 5) is 5.32. The molecule has 2 heterocycles. The fraction of sp³-hybridized carbons (Fsp3) is 0.652. The molecule has 0 atom stereocenters. The van der Waals surface area contributed by atoms with Crippen LogP contribution in [-0.2, 0) is 6.42 Å². The Balaban J connectivity index is 1.34. The van der Waals surface area contributed by atoms with Crippen LogP contribution in [0.1, 0.15) is 51.0 Å². The molecule has 4 rings (SSSR count). The van der Waals surface area contributed by atoms with Crippen LogP contribution in [0.3, 0.4) is 0 Å². The van der Waals surface area contributed by atoms with Crippen molar-refractivity contribution in [2.75, 3.05) is 37.6 Å². The van der Waals surface area contributed by atoms with Crippen LogP contribution in [0.5, 0.6) is 0 Å². The van der Waals surface area contributed by atoms with Crippen molar-refractivity contribution < 1.29 is 0 Å². The SMILES string of the molecule is CCCc1cc(N2CCN(CC[C@H]3CC[C@H](N)CC3)CC2)c2sccc2c1. The second-order valence-corrected chi connectivity index (χ2v) is 9.52. The lowest BCUT2D eigenvalue weighted by molar-refractivity contribution is 0.217. The molecule has 2 N–H and O–H groups in total. The molecular formula is C23H35N3S. The first kappa shape index (κ1) is 19.2. The molecule has 4 heteroatoms. The molecule has 2 fully saturated rings. The standard InChI is InChI=1S/C23H35N3S/c1-2-3-19-16-20-9-15-27-23(20)22(17-19)26-13-11-25(12-14-26)10-8-18-4-6-21(24)7-5-18/h9,15-18,21H,2-8,10-14,24H2,1H3/t18-,21-. The van der Waals surface area contributed by atoms with E-state index in [0.717, 1.165) is 19.0 Å². The highest BCUT2D eigenvalue weighted by molar-refractivity contribution is 7.17. The zero-order valence-electron chi connectivity index (χ0n) is 16.8. The van der Waals surface area contributed by atoms with E-state index < -0.39 is 0 Å². The Labute approximate surface area is 168 Å². The third-order valence-electron chi connectivity index (χ3n) is 6.59. The molecule has 0 bridgehead atoms. The Morgan fingerprint density at radius 3 is 2.59 bits per heavy atom. The number of rotatable bonds is 6. The number of nitrogens with two attached hydrogens (primary N) is 1. The third kappa shape index (κ3) is 4.67. The molecule has 0 radical (unpaired) electrons. The fourth-order valence-electron chi connectivity index (χ4n) is 4.85. The van der Waals surface area contributed by atoms with Crippen LogP contribution in [-0.4, -0.2) is 43.7 Å². The lowest BCUT2D eigenvalue weighted by atomic mass is 9.84. The number of thiophene rings is 1. The van der Waals surface area contributed by atoms with E-state index in [1.165, 1.54) is 85.9 Å². The minimum Gasteiger partial charge on any atom is -0.368 e. The molecule has 2 aliphatic rings. The Kier molecular flexibility index (Phi) is 6.36. The van der Waals surface area contributed by atoms with E-state index in [4.69, 9.17) is 5.73 Å². The van der Waals surface area contributed by atoms with E-state index >= 15 is 0 Å². The van der Waals surface area contributed by atoms with E-state index in [-0.39, 0.29) is 0 Å². The van der Waals surface area contributed by atoms with Gasteiger partial charge in [-0.25, -0.2) is 0 Å². The molecular weight excluding hydrogens is 350 g/mol. The maximum Gasteiger partial charge on any atom is 0.0576 e. The highest BCUT2D eigenvalue weighted by Gasteiger charge is 2.22. The first-order valence-electron chi connectivity index (χ1n) is 11.0. The molecule has 1 aromatic heterocycles. The van der Waals surface area contributed by atoms with Crippen LogP contribution in [0.25, 0.3) is 10.1 Å². The molecule has 1 saturated carbocycles. The summed E-state index contributed by atoms with van der Waals surface area (Å²) >= 11 is 1.90. The topological polar surface area (TPSA) is 32.5 Å². The van der Waals surface area contributed by atoms with E-state index in [2.05, 4.69) is 40.3 Å². The Bertz CT molecular complexity index is 724. The summed E-state index contributed by atoms with van der Waals surface area (Å²) in [5, 5.41) is 3.68. The largest absolute Gasteiger partial charge is 0.368 e. The summed E-state index contributed by atoms with van der Waals surface area (Å²) in [5.74, 6) is 0.916. The van der Waals surface area contributed by atoms with Gasteiger partial charge >= 0.3 is 0 Å². The fourth-order valence-corrected chi connectivity index (χ4v) is 5.77. The predicted octanol–water partition coefficient (Wildman–Crippen LogP) is 4.88. The number of benzene rings is 1. The third-order valence-corrected chi connectivity index (χ3v) is 7.54. The van der Waals surface area contributed by atoms with Crippen molar-refractivity contribution in [2.45, 2.75) is 57.9 Å². The highest BCUT2D eigenvalue weighted by atomic mass is 32.1. The number of hydrogen-bond donors (Lipinski definition) is 1. The van der Waals surface area contributed by atoms with Crippen LogP contribution in [0.2, 0.25) is 0 Å². The minimum atomic E-state index is 0.474. The summed E-state index contributed by atoms with van der Waals surface area (Å²) in [6.45, 7) is 8.29. The smallest absolute Gasteiger partial charge is 0.0576 e. The maximum absolute atomic E-state index is 6.05. The van der Waals surface area contributed by atoms with Gasteiger partial charge in [0.1, 0.15) is 0 Å². The van der Waals surface area contributed by atoms with Crippen LogP contribution >= 0.6 is 11.3 Å². The summed E-state index contributed by atoms with van der Waals surface area (Å²) in [6.07, 6.45) is 8.95. The van der Waals surface area contributed by atoms with Gasteiger partial charge in [-0.05, 0) is 79.5 Å². The molecule has 1 aliphatic heterocycles. The lowest BCUT2D eigenvalue weighted by Crippen LogP contribution is -2.47. The molecule has 0 amide bonds. The molecule has 2 aromatic rings.